The van der Waals surface area contributed by atoms with Gasteiger partial charge in [-0.2, -0.15) is 0 Å². The lowest BCUT2D eigenvalue weighted by Crippen LogP contribution is -2.09. The fourth-order valence-corrected chi connectivity index (χ4v) is 2.80. The number of pyridine rings is 1. The Kier molecular flexibility index (Phi) is 3.69. The van der Waals surface area contributed by atoms with Crippen molar-refractivity contribution in [2.24, 2.45) is 5.73 Å². The van der Waals surface area contributed by atoms with Gasteiger partial charge in [0.15, 0.2) is 5.82 Å². The van der Waals surface area contributed by atoms with Crippen molar-refractivity contribution in [3.8, 4) is 11.5 Å². The number of rotatable bonds is 2. The largest absolute Gasteiger partial charge is 0.324 e. The van der Waals surface area contributed by atoms with Crippen LogP contribution >= 0.6 is 15.9 Å². The topological polar surface area (TPSA) is 64.7 Å². The molecule has 5 heteroatoms. The Morgan fingerprint density at radius 3 is 2.67 bits per heavy atom. The van der Waals surface area contributed by atoms with Crippen molar-refractivity contribution >= 4 is 26.8 Å². The van der Waals surface area contributed by atoms with Crippen LogP contribution in [-0.2, 0) is 0 Å². The van der Waals surface area contributed by atoms with Crippen LogP contribution in [0, 0.1) is 6.92 Å². The van der Waals surface area contributed by atoms with E-state index in [0.29, 0.717) is 5.82 Å². The number of hydrogen-bond donors (Lipinski definition) is 1. The van der Waals surface area contributed by atoms with E-state index in [2.05, 4.69) is 30.9 Å². The maximum Gasteiger partial charge on any atom is 0.179 e. The highest BCUT2D eigenvalue weighted by atomic mass is 79.9. The molecule has 0 bridgehead atoms. The number of aromatic nitrogens is 3. The Balaban J connectivity index is 2.16. The Bertz CT molecular complexity index is 814. The van der Waals surface area contributed by atoms with Gasteiger partial charge in [0.2, 0.25) is 0 Å². The van der Waals surface area contributed by atoms with Crippen LogP contribution in [0.25, 0.3) is 22.4 Å². The number of halogens is 1. The van der Waals surface area contributed by atoms with E-state index in [1.807, 2.05) is 44.2 Å². The van der Waals surface area contributed by atoms with Gasteiger partial charge < -0.3 is 5.73 Å². The first-order valence-corrected chi connectivity index (χ1v) is 7.50. The van der Waals surface area contributed by atoms with E-state index in [1.165, 1.54) is 0 Å². The maximum atomic E-state index is 5.90. The third-order valence-corrected chi connectivity index (χ3v) is 4.00. The summed E-state index contributed by atoms with van der Waals surface area (Å²) in [7, 11) is 0. The molecule has 2 heterocycles. The first-order valence-electron chi connectivity index (χ1n) is 6.71. The van der Waals surface area contributed by atoms with Crippen molar-refractivity contribution in [3.05, 3.63) is 52.3 Å². The molecule has 0 saturated carbocycles. The van der Waals surface area contributed by atoms with Gasteiger partial charge >= 0.3 is 0 Å². The van der Waals surface area contributed by atoms with E-state index < -0.39 is 0 Å². The summed E-state index contributed by atoms with van der Waals surface area (Å²) in [5.74, 6) is 0.606. The van der Waals surface area contributed by atoms with Gasteiger partial charge in [-0.15, -0.1) is 0 Å². The second-order valence-electron chi connectivity index (χ2n) is 5.03. The molecule has 0 saturated heterocycles. The van der Waals surface area contributed by atoms with Crippen molar-refractivity contribution in [1.82, 2.24) is 15.0 Å². The molecular weight excluding hydrogens is 328 g/mol. The predicted molar refractivity (Wildman–Crippen MR) is 87.8 cm³/mol. The highest BCUT2D eigenvalue weighted by Crippen LogP contribution is 2.28. The molecule has 0 amide bonds. The van der Waals surface area contributed by atoms with Crippen molar-refractivity contribution in [3.63, 3.8) is 0 Å². The van der Waals surface area contributed by atoms with Gasteiger partial charge in [-0.05, 0) is 41.9 Å². The summed E-state index contributed by atoms with van der Waals surface area (Å²) in [4.78, 5) is 13.6. The van der Waals surface area contributed by atoms with Crippen LogP contribution in [0.5, 0.6) is 0 Å². The molecule has 3 rings (SSSR count). The normalized spacial score (nSPS) is 12.6. The summed E-state index contributed by atoms with van der Waals surface area (Å²) in [6, 6.07) is 9.94. The summed E-state index contributed by atoms with van der Waals surface area (Å²) in [6.45, 7) is 3.87. The monoisotopic (exact) mass is 342 g/mol. The zero-order valence-corrected chi connectivity index (χ0v) is 13.4. The van der Waals surface area contributed by atoms with E-state index in [0.717, 1.165) is 32.3 Å². The van der Waals surface area contributed by atoms with Gasteiger partial charge in [-0.1, -0.05) is 18.2 Å². The number of para-hydroxylation sites is 1. The Labute approximate surface area is 131 Å². The molecule has 0 radical (unpaired) electrons. The standard InChI is InChI=1S/C16H15BrN4/c1-9(18)12-8-19-16(20-10(12)2)15-13(17)7-11-5-3-4-6-14(11)21-15/h3-9H,18H2,1-2H3/t9-/m0/s1. The first-order chi connectivity index (χ1) is 10.1. The number of hydrogen-bond acceptors (Lipinski definition) is 4. The summed E-state index contributed by atoms with van der Waals surface area (Å²) in [6.07, 6.45) is 1.78. The lowest BCUT2D eigenvalue weighted by atomic mass is 10.1. The fraction of sp³-hybridized carbons (Fsp3) is 0.188. The molecule has 21 heavy (non-hydrogen) atoms. The third kappa shape index (κ3) is 2.66. The fourth-order valence-electron chi connectivity index (χ4n) is 2.28. The second kappa shape index (κ2) is 5.50. The van der Waals surface area contributed by atoms with E-state index in [9.17, 15) is 0 Å². The SMILES string of the molecule is Cc1nc(-c2nc3ccccc3cc2Br)ncc1[C@H](C)N. The number of benzene rings is 1. The minimum atomic E-state index is -0.0768. The minimum Gasteiger partial charge on any atom is -0.324 e. The molecule has 1 atom stereocenters. The van der Waals surface area contributed by atoms with Gasteiger partial charge in [-0.25, -0.2) is 15.0 Å². The van der Waals surface area contributed by atoms with Crippen LogP contribution < -0.4 is 5.73 Å². The summed E-state index contributed by atoms with van der Waals surface area (Å²) >= 11 is 3.56. The lowest BCUT2D eigenvalue weighted by Gasteiger charge is -2.10. The third-order valence-electron chi connectivity index (χ3n) is 3.40. The van der Waals surface area contributed by atoms with Crippen LogP contribution in [0.4, 0.5) is 0 Å². The van der Waals surface area contributed by atoms with Gasteiger partial charge in [-0.3, -0.25) is 0 Å². The first kappa shape index (κ1) is 14.1. The van der Waals surface area contributed by atoms with Crippen LogP contribution in [0.15, 0.2) is 41.0 Å². The van der Waals surface area contributed by atoms with Crippen molar-refractivity contribution in [2.75, 3.05) is 0 Å². The van der Waals surface area contributed by atoms with Crippen molar-refractivity contribution in [2.45, 2.75) is 19.9 Å². The highest BCUT2D eigenvalue weighted by Gasteiger charge is 2.13. The number of fused-ring (bicyclic) bond motifs is 1. The molecule has 0 aliphatic carbocycles. The maximum absolute atomic E-state index is 5.90. The molecule has 106 valence electrons. The van der Waals surface area contributed by atoms with Crippen LogP contribution in [0.2, 0.25) is 0 Å². The van der Waals surface area contributed by atoms with Crippen LogP contribution in [-0.4, -0.2) is 15.0 Å². The Morgan fingerprint density at radius 1 is 1.19 bits per heavy atom. The van der Waals surface area contributed by atoms with Crippen LogP contribution in [0.3, 0.4) is 0 Å². The summed E-state index contributed by atoms with van der Waals surface area (Å²) < 4.78 is 0.883. The van der Waals surface area contributed by atoms with Crippen LogP contribution in [0.1, 0.15) is 24.2 Å². The molecule has 0 aliphatic rings. The van der Waals surface area contributed by atoms with E-state index in [-0.39, 0.29) is 6.04 Å². The highest BCUT2D eigenvalue weighted by molar-refractivity contribution is 9.10. The molecule has 0 aliphatic heterocycles. The van der Waals surface area contributed by atoms with Gasteiger partial charge in [0, 0.05) is 33.4 Å². The lowest BCUT2D eigenvalue weighted by molar-refractivity contribution is 0.790. The number of aryl methyl sites for hydroxylation is 1. The minimum absolute atomic E-state index is 0.0768. The summed E-state index contributed by atoms with van der Waals surface area (Å²) in [5.41, 5.74) is 9.41. The molecule has 2 aromatic heterocycles. The Morgan fingerprint density at radius 2 is 1.95 bits per heavy atom. The zero-order chi connectivity index (χ0) is 15.0. The Hall–Kier alpha value is -1.85. The molecule has 2 N–H and O–H groups in total. The molecule has 3 aromatic rings. The molecule has 1 aromatic carbocycles. The molecule has 0 unspecified atom stereocenters. The molecule has 4 nitrogen and oxygen atoms in total. The molecule has 0 fully saturated rings. The van der Waals surface area contributed by atoms with E-state index >= 15 is 0 Å². The van der Waals surface area contributed by atoms with E-state index in [4.69, 9.17) is 5.73 Å². The molecule has 0 spiro atoms. The van der Waals surface area contributed by atoms with Crippen molar-refractivity contribution < 1.29 is 0 Å². The average molecular weight is 343 g/mol. The van der Waals surface area contributed by atoms with Crippen molar-refractivity contribution in [1.29, 1.82) is 0 Å². The smallest absolute Gasteiger partial charge is 0.179 e. The van der Waals surface area contributed by atoms with E-state index in [1.54, 1.807) is 6.20 Å². The van der Waals surface area contributed by atoms with Gasteiger partial charge in [0.05, 0.1) is 5.52 Å². The van der Waals surface area contributed by atoms with Gasteiger partial charge in [0.1, 0.15) is 5.69 Å². The predicted octanol–water partition coefficient (Wildman–Crippen LogP) is 3.78. The summed E-state index contributed by atoms with van der Waals surface area (Å²) in [5, 5.41) is 1.08. The van der Waals surface area contributed by atoms with Gasteiger partial charge in [0.25, 0.3) is 0 Å². The average Bonchev–Trinajstić information content (AvgIpc) is 2.46. The molecular formula is C16H15BrN4. The second-order valence-corrected chi connectivity index (χ2v) is 5.89. The zero-order valence-electron chi connectivity index (χ0n) is 11.8. The number of nitrogens with two attached hydrogens (primary N) is 1. The number of nitrogens with zero attached hydrogens (tertiary/aromatic N) is 3. The quantitative estimate of drug-likeness (QED) is 0.769.